The maximum Gasteiger partial charge on any atom is -0.00189 e. The third-order valence-corrected chi connectivity index (χ3v) is 3.66. The molecular weight excluding hydrogens is 194 g/mol. The van der Waals surface area contributed by atoms with Crippen molar-refractivity contribution >= 4 is 0 Å². The average molecular weight is 217 g/mol. The van der Waals surface area contributed by atoms with Crippen molar-refractivity contribution in [1.29, 1.82) is 0 Å². The van der Waals surface area contributed by atoms with Gasteiger partial charge >= 0.3 is 0 Å². The molecule has 0 unspecified atom stereocenters. The largest absolute Gasteiger partial charge is 0.306 e. The first kappa shape index (κ1) is 11.7. The van der Waals surface area contributed by atoms with Gasteiger partial charge in [0.15, 0.2) is 0 Å². The van der Waals surface area contributed by atoms with Crippen molar-refractivity contribution in [2.24, 2.45) is 5.92 Å². The minimum atomic E-state index is 0.886. The highest BCUT2D eigenvalue weighted by Gasteiger charge is 2.20. The second-order valence-corrected chi connectivity index (χ2v) is 5.13. The molecule has 0 aliphatic heterocycles. The maximum absolute atomic E-state index is 2.46. The first-order chi connectivity index (χ1) is 7.79. The van der Waals surface area contributed by atoms with Crippen molar-refractivity contribution in [3.63, 3.8) is 0 Å². The highest BCUT2D eigenvalue weighted by Crippen LogP contribution is 2.28. The third-order valence-electron chi connectivity index (χ3n) is 3.66. The van der Waals surface area contributed by atoms with E-state index in [0.717, 1.165) is 5.92 Å². The van der Waals surface area contributed by atoms with Gasteiger partial charge in [0.25, 0.3) is 0 Å². The quantitative estimate of drug-likeness (QED) is 0.732. The van der Waals surface area contributed by atoms with Gasteiger partial charge in [0, 0.05) is 0 Å². The lowest BCUT2D eigenvalue weighted by Crippen LogP contribution is -2.22. The molecule has 2 rings (SSSR count). The zero-order chi connectivity index (χ0) is 11.4. The van der Waals surface area contributed by atoms with Gasteiger partial charge in [0.05, 0.1) is 0 Å². The number of fused-ring (bicyclic) bond motifs is 1. The van der Waals surface area contributed by atoms with Gasteiger partial charge in [-0.3, -0.25) is 0 Å². The van der Waals surface area contributed by atoms with Gasteiger partial charge in [-0.2, -0.15) is 0 Å². The van der Waals surface area contributed by atoms with Crippen molar-refractivity contribution in [3.05, 3.63) is 35.4 Å². The molecule has 0 bridgehead atoms. The number of benzene rings is 1. The van der Waals surface area contributed by atoms with Crippen LogP contribution in [0.2, 0.25) is 0 Å². The van der Waals surface area contributed by atoms with Crippen LogP contribution in [0.4, 0.5) is 0 Å². The van der Waals surface area contributed by atoms with E-state index in [0.29, 0.717) is 0 Å². The molecule has 0 spiro atoms. The molecule has 1 nitrogen and oxygen atoms in total. The van der Waals surface area contributed by atoms with Crippen LogP contribution in [0.3, 0.4) is 0 Å². The van der Waals surface area contributed by atoms with E-state index in [1.165, 1.54) is 38.8 Å². The van der Waals surface area contributed by atoms with Gasteiger partial charge in [0.1, 0.15) is 0 Å². The maximum atomic E-state index is 2.46. The van der Waals surface area contributed by atoms with E-state index in [4.69, 9.17) is 0 Å². The minimum Gasteiger partial charge on any atom is -0.306 e. The Bertz CT molecular complexity index is 307. The second kappa shape index (κ2) is 5.49. The molecule has 1 aliphatic rings. The van der Waals surface area contributed by atoms with Crippen LogP contribution in [0.15, 0.2) is 24.3 Å². The minimum absolute atomic E-state index is 0.886. The fourth-order valence-electron chi connectivity index (χ4n) is 2.75. The Balaban J connectivity index is 1.79. The molecule has 0 saturated carbocycles. The normalized spacial score (nSPS) is 15.7. The van der Waals surface area contributed by atoms with Gasteiger partial charge < -0.3 is 4.90 Å². The lowest BCUT2D eigenvalue weighted by atomic mass is 10.0. The SMILES string of the molecule is CCCN(C)CCC1Cc2ccccc2C1. The van der Waals surface area contributed by atoms with Gasteiger partial charge in [-0.05, 0) is 62.9 Å². The summed E-state index contributed by atoms with van der Waals surface area (Å²) in [5, 5.41) is 0. The van der Waals surface area contributed by atoms with Crippen molar-refractivity contribution < 1.29 is 0 Å². The Hall–Kier alpha value is -0.820. The molecule has 0 N–H and O–H groups in total. The fraction of sp³-hybridized carbons (Fsp3) is 0.600. The van der Waals surface area contributed by atoms with Gasteiger partial charge in [-0.25, -0.2) is 0 Å². The zero-order valence-corrected chi connectivity index (χ0v) is 10.6. The van der Waals surface area contributed by atoms with Crippen LogP contribution in [-0.4, -0.2) is 25.0 Å². The molecule has 0 fully saturated rings. The number of rotatable bonds is 5. The number of hydrogen-bond acceptors (Lipinski definition) is 1. The molecule has 0 heterocycles. The Kier molecular flexibility index (Phi) is 4.00. The smallest absolute Gasteiger partial charge is 0.00189 e. The molecule has 0 amide bonds. The number of hydrogen-bond donors (Lipinski definition) is 0. The molecule has 0 radical (unpaired) electrons. The van der Waals surface area contributed by atoms with Crippen molar-refractivity contribution in [3.8, 4) is 0 Å². The lowest BCUT2D eigenvalue weighted by Gasteiger charge is -2.17. The summed E-state index contributed by atoms with van der Waals surface area (Å²) in [5.41, 5.74) is 3.18. The Morgan fingerprint density at radius 1 is 1.12 bits per heavy atom. The van der Waals surface area contributed by atoms with E-state index in [2.05, 4.69) is 43.1 Å². The first-order valence-electron chi connectivity index (χ1n) is 6.55. The third kappa shape index (κ3) is 2.85. The summed E-state index contributed by atoms with van der Waals surface area (Å²) in [4.78, 5) is 2.46. The topological polar surface area (TPSA) is 3.24 Å². The molecule has 0 atom stereocenters. The Morgan fingerprint density at radius 2 is 1.75 bits per heavy atom. The molecule has 88 valence electrons. The molecule has 1 aromatic rings. The summed E-state index contributed by atoms with van der Waals surface area (Å²) in [7, 11) is 2.24. The van der Waals surface area contributed by atoms with Crippen molar-refractivity contribution in [1.82, 2.24) is 4.90 Å². The second-order valence-electron chi connectivity index (χ2n) is 5.13. The van der Waals surface area contributed by atoms with E-state index in [9.17, 15) is 0 Å². The molecule has 1 aromatic carbocycles. The fourth-order valence-corrected chi connectivity index (χ4v) is 2.75. The molecule has 1 heteroatoms. The summed E-state index contributed by atoms with van der Waals surface area (Å²) >= 11 is 0. The predicted molar refractivity (Wildman–Crippen MR) is 69.7 cm³/mol. The van der Waals surface area contributed by atoms with Crippen molar-refractivity contribution in [2.75, 3.05) is 20.1 Å². The van der Waals surface area contributed by atoms with Crippen LogP contribution in [-0.2, 0) is 12.8 Å². The highest BCUT2D eigenvalue weighted by molar-refractivity contribution is 5.31. The standard InChI is InChI=1S/C15H23N/c1-3-9-16(2)10-8-13-11-14-6-4-5-7-15(14)12-13/h4-7,13H,3,8-12H2,1-2H3. The number of nitrogens with zero attached hydrogens (tertiary/aromatic N) is 1. The summed E-state index contributed by atoms with van der Waals surface area (Å²) in [6.07, 6.45) is 5.22. The Labute approximate surface area is 99.5 Å². The highest BCUT2D eigenvalue weighted by atomic mass is 15.1. The predicted octanol–water partition coefficient (Wildman–Crippen LogP) is 3.13. The van der Waals surface area contributed by atoms with Crippen LogP contribution in [0.1, 0.15) is 30.9 Å². The van der Waals surface area contributed by atoms with Crippen molar-refractivity contribution in [2.45, 2.75) is 32.6 Å². The Morgan fingerprint density at radius 3 is 2.31 bits per heavy atom. The summed E-state index contributed by atoms with van der Waals surface area (Å²) in [5.74, 6) is 0.886. The van der Waals surface area contributed by atoms with Gasteiger partial charge in [-0.15, -0.1) is 0 Å². The monoisotopic (exact) mass is 217 g/mol. The lowest BCUT2D eigenvalue weighted by molar-refractivity contribution is 0.302. The average Bonchev–Trinajstić information content (AvgIpc) is 2.69. The van der Waals surface area contributed by atoms with Gasteiger partial charge in [0.2, 0.25) is 0 Å². The molecule has 0 saturated heterocycles. The van der Waals surface area contributed by atoms with E-state index < -0.39 is 0 Å². The summed E-state index contributed by atoms with van der Waals surface area (Å²) in [6, 6.07) is 8.94. The van der Waals surface area contributed by atoms with Crippen LogP contribution in [0.5, 0.6) is 0 Å². The molecule has 0 aromatic heterocycles. The van der Waals surface area contributed by atoms with Gasteiger partial charge in [-0.1, -0.05) is 31.2 Å². The van der Waals surface area contributed by atoms with E-state index in [-0.39, 0.29) is 0 Å². The van der Waals surface area contributed by atoms with E-state index in [1.807, 2.05) is 0 Å². The van der Waals surface area contributed by atoms with Crippen LogP contribution >= 0.6 is 0 Å². The van der Waals surface area contributed by atoms with Crippen LogP contribution in [0.25, 0.3) is 0 Å². The van der Waals surface area contributed by atoms with E-state index >= 15 is 0 Å². The summed E-state index contributed by atoms with van der Waals surface area (Å²) in [6.45, 7) is 4.74. The van der Waals surface area contributed by atoms with Crippen LogP contribution in [0, 0.1) is 5.92 Å². The molecule has 16 heavy (non-hydrogen) atoms. The molecular formula is C15H23N. The summed E-state index contributed by atoms with van der Waals surface area (Å²) < 4.78 is 0. The first-order valence-corrected chi connectivity index (χ1v) is 6.55. The zero-order valence-electron chi connectivity index (χ0n) is 10.6. The van der Waals surface area contributed by atoms with Crippen LogP contribution < -0.4 is 0 Å². The van der Waals surface area contributed by atoms with E-state index in [1.54, 1.807) is 11.1 Å². The molecule has 1 aliphatic carbocycles.